The number of aryl methyl sites for hydroxylation is 1. The molecule has 0 spiro atoms. The maximum absolute atomic E-state index is 14.6. The number of pyridine rings is 1. The Balaban J connectivity index is 1.72. The van der Waals surface area contributed by atoms with E-state index in [-0.39, 0.29) is 11.8 Å². The van der Waals surface area contributed by atoms with Gasteiger partial charge in [-0.15, -0.1) is 10.2 Å². The molecule has 0 bridgehead atoms. The van der Waals surface area contributed by atoms with Gasteiger partial charge in [0, 0.05) is 24.9 Å². The van der Waals surface area contributed by atoms with Crippen molar-refractivity contribution < 1.29 is 21.9 Å². The maximum Gasteiger partial charge on any atom is 0.243 e. The predicted octanol–water partition coefficient (Wildman–Crippen LogP) is 2.82. The molecule has 1 aliphatic rings. The number of hydrogen-bond acceptors (Lipinski definition) is 8. The highest BCUT2D eigenvalue weighted by Gasteiger charge is 2.34. The third kappa shape index (κ3) is 4.55. The second-order valence-corrected chi connectivity index (χ2v) is 9.97. The van der Waals surface area contributed by atoms with Crippen molar-refractivity contribution in [2.45, 2.75) is 50.9 Å². The second-order valence-electron chi connectivity index (χ2n) is 7.93. The van der Waals surface area contributed by atoms with Crippen LogP contribution in [0.25, 0.3) is 5.69 Å². The summed E-state index contributed by atoms with van der Waals surface area (Å²) >= 11 is 0. The van der Waals surface area contributed by atoms with Crippen molar-refractivity contribution in [3.05, 3.63) is 53.6 Å². The summed E-state index contributed by atoms with van der Waals surface area (Å²) in [6, 6.07) is 0. The van der Waals surface area contributed by atoms with Crippen LogP contribution in [0.15, 0.2) is 24.8 Å². The molecule has 10 nitrogen and oxygen atoms in total. The number of ether oxygens (including phenoxy) is 1. The zero-order valence-corrected chi connectivity index (χ0v) is 19.1. The van der Waals surface area contributed by atoms with Crippen LogP contribution in [0.1, 0.15) is 55.9 Å². The Bertz CT molecular complexity index is 1220. The van der Waals surface area contributed by atoms with Crippen LogP contribution in [0, 0.1) is 18.6 Å². The van der Waals surface area contributed by atoms with Gasteiger partial charge in [-0.25, -0.2) is 27.2 Å². The zero-order chi connectivity index (χ0) is 23.8. The van der Waals surface area contributed by atoms with Crippen molar-refractivity contribution in [2.75, 3.05) is 11.3 Å². The molecule has 1 aliphatic heterocycles. The first kappa shape index (κ1) is 23.1. The van der Waals surface area contributed by atoms with E-state index in [0.29, 0.717) is 18.9 Å². The Labute approximate surface area is 189 Å². The average molecular weight is 480 g/mol. The summed E-state index contributed by atoms with van der Waals surface area (Å²) in [7, 11) is -4.09. The molecule has 1 N–H and O–H groups in total. The molecule has 0 saturated carbocycles. The van der Waals surface area contributed by atoms with E-state index < -0.39 is 44.6 Å². The minimum atomic E-state index is -4.09. The van der Waals surface area contributed by atoms with Crippen LogP contribution in [-0.4, -0.2) is 50.0 Å². The molecule has 1 saturated heterocycles. The Morgan fingerprint density at radius 3 is 2.39 bits per heavy atom. The van der Waals surface area contributed by atoms with Crippen molar-refractivity contribution in [1.82, 2.24) is 29.7 Å². The van der Waals surface area contributed by atoms with Crippen LogP contribution in [0.4, 0.5) is 14.7 Å². The van der Waals surface area contributed by atoms with Crippen molar-refractivity contribution >= 4 is 16.0 Å². The van der Waals surface area contributed by atoms with Crippen molar-refractivity contribution in [3.63, 3.8) is 0 Å². The molecule has 4 rings (SSSR count). The van der Waals surface area contributed by atoms with E-state index in [9.17, 15) is 17.2 Å². The topological polar surface area (TPSA) is 125 Å². The van der Waals surface area contributed by atoms with Crippen LogP contribution >= 0.6 is 0 Å². The molecule has 0 unspecified atom stereocenters. The summed E-state index contributed by atoms with van der Waals surface area (Å²) in [5.41, 5.74) is 0.302. The number of sulfonamides is 1. The van der Waals surface area contributed by atoms with Gasteiger partial charge in [-0.2, -0.15) is 0 Å². The highest BCUT2D eigenvalue weighted by molar-refractivity contribution is 7.93. The van der Waals surface area contributed by atoms with Crippen molar-refractivity contribution in [2.24, 2.45) is 0 Å². The predicted molar refractivity (Wildman–Crippen MR) is 114 cm³/mol. The molecule has 3 aromatic rings. The number of aromatic nitrogens is 6. The highest BCUT2D eigenvalue weighted by atomic mass is 32.2. The molecule has 0 radical (unpaired) electrons. The Morgan fingerprint density at radius 2 is 1.79 bits per heavy atom. The molecule has 0 aliphatic carbocycles. The SMILES string of the molecule is Cc1cnc([C@@H](C)[C@H](C)S(=O)(=O)Nc2nnc([C@H]3CCCO3)n2-c2c(F)cncc2F)nc1. The Kier molecular flexibility index (Phi) is 6.34. The van der Waals surface area contributed by atoms with Gasteiger partial charge < -0.3 is 4.74 Å². The van der Waals surface area contributed by atoms with Gasteiger partial charge in [0.25, 0.3) is 0 Å². The largest absolute Gasteiger partial charge is 0.370 e. The molecule has 1 fully saturated rings. The fraction of sp³-hybridized carbons (Fsp3) is 0.450. The summed E-state index contributed by atoms with van der Waals surface area (Å²) in [4.78, 5) is 11.9. The molecule has 3 aromatic heterocycles. The van der Waals surface area contributed by atoms with E-state index in [2.05, 4.69) is 29.9 Å². The monoisotopic (exact) mass is 479 g/mol. The molecule has 13 heteroatoms. The molecular weight excluding hydrogens is 456 g/mol. The van der Waals surface area contributed by atoms with Gasteiger partial charge in [0.2, 0.25) is 16.0 Å². The standard InChI is InChI=1S/C20H23F2N7O3S/c1-11-7-24-18(25-8-11)12(2)13(3)33(30,31)28-20-27-26-19(16-5-4-6-32-16)29(20)17-14(21)9-23-10-15(17)22/h7-10,12-13,16H,4-6H2,1-3H3,(H,27,28)/t12-,13-,16+/m0/s1. The van der Waals surface area contributed by atoms with Crippen molar-refractivity contribution in [3.8, 4) is 5.69 Å². The van der Waals surface area contributed by atoms with E-state index >= 15 is 0 Å². The Hall–Kier alpha value is -3.06. The van der Waals surface area contributed by atoms with Gasteiger partial charge >= 0.3 is 0 Å². The first-order valence-corrected chi connectivity index (χ1v) is 11.9. The van der Waals surface area contributed by atoms with Gasteiger partial charge in [-0.05, 0) is 32.3 Å². The van der Waals surface area contributed by atoms with Gasteiger partial charge in [-0.3, -0.25) is 14.3 Å². The van der Waals surface area contributed by atoms with E-state index in [1.54, 1.807) is 19.3 Å². The normalized spacial score (nSPS) is 18.3. The summed E-state index contributed by atoms with van der Waals surface area (Å²) in [6.07, 6.45) is 5.56. The molecular formula is C20H23F2N7O3S. The first-order chi connectivity index (χ1) is 15.7. The smallest absolute Gasteiger partial charge is 0.243 e. The van der Waals surface area contributed by atoms with Crippen LogP contribution in [-0.2, 0) is 14.8 Å². The van der Waals surface area contributed by atoms with Gasteiger partial charge in [-0.1, -0.05) is 6.92 Å². The van der Waals surface area contributed by atoms with Crippen LogP contribution in [0.3, 0.4) is 0 Å². The van der Waals surface area contributed by atoms with E-state index in [4.69, 9.17) is 4.74 Å². The fourth-order valence-electron chi connectivity index (χ4n) is 3.53. The van der Waals surface area contributed by atoms with Crippen molar-refractivity contribution in [1.29, 1.82) is 0 Å². The van der Waals surface area contributed by atoms with E-state index in [1.165, 1.54) is 6.92 Å². The lowest BCUT2D eigenvalue weighted by atomic mass is 10.1. The molecule has 176 valence electrons. The summed E-state index contributed by atoms with van der Waals surface area (Å²) in [5, 5.41) is 6.89. The van der Waals surface area contributed by atoms with Gasteiger partial charge in [0.15, 0.2) is 17.5 Å². The fourth-order valence-corrected chi connectivity index (χ4v) is 4.76. The summed E-state index contributed by atoms with van der Waals surface area (Å²) < 4.78 is 64.6. The van der Waals surface area contributed by atoms with Crippen LogP contribution < -0.4 is 4.72 Å². The maximum atomic E-state index is 14.6. The van der Waals surface area contributed by atoms with Crippen LogP contribution in [0.2, 0.25) is 0 Å². The minimum Gasteiger partial charge on any atom is -0.370 e. The summed E-state index contributed by atoms with van der Waals surface area (Å²) in [6.45, 7) is 5.45. The van der Waals surface area contributed by atoms with Gasteiger partial charge in [0.1, 0.15) is 17.6 Å². The molecule has 33 heavy (non-hydrogen) atoms. The lowest BCUT2D eigenvalue weighted by Gasteiger charge is -2.21. The lowest BCUT2D eigenvalue weighted by Crippen LogP contribution is -2.31. The molecule has 0 amide bonds. The minimum absolute atomic E-state index is 0.0942. The Morgan fingerprint density at radius 1 is 1.12 bits per heavy atom. The quantitative estimate of drug-likeness (QED) is 0.549. The number of hydrogen-bond donors (Lipinski definition) is 1. The number of nitrogens with zero attached hydrogens (tertiary/aromatic N) is 6. The second kappa shape index (κ2) is 9.06. The molecule has 3 atom stereocenters. The lowest BCUT2D eigenvalue weighted by molar-refractivity contribution is 0.103. The highest BCUT2D eigenvalue weighted by Crippen LogP contribution is 2.33. The number of anilines is 1. The molecule has 0 aromatic carbocycles. The number of nitrogens with one attached hydrogen (secondary N) is 1. The third-order valence-corrected chi connectivity index (χ3v) is 7.45. The third-order valence-electron chi connectivity index (χ3n) is 5.59. The van der Waals surface area contributed by atoms with E-state index in [0.717, 1.165) is 28.9 Å². The van der Waals surface area contributed by atoms with Crippen LogP contribution in [0.5, 0.6) is 0 Å². The number of halogens is 2. The van der Waals surface area contributed by atoms with E-state index in [1.807, 2.05) is 6.92 Å². The number of rotatable bonds is 7. The zero-order valence-electron chi connectivity index (χ0n) is 18.2. The molecule has 4 heterocycles. The van der Waals surface area contributed by atoms with Gasteiger partial charge in [0.05, 0.1) is 17.6 Å². The first-order valence-electron chi connectivity index (χ1n) is 10.4. The average Bonchev–Trinajstić information content (AvgIpc) is 3.43. The summed E-state index contributed by atoms with van der Waals surface area (Å²) in [5.74, 6) is -2.48.